The lowest BCUT2D eigenvalue weighted by Crippen LogP contribution is -2.04. The summed E-state index contributed by atoms with van der Waals surface area (Å²) in [5, 5.41) is 12.2. The van der Waals surface area contributed by atoms with E-state index in [9.17, 15) is 18.0 Å². The zero-order chi connectivity index (χ0) is 14.0. The molecule has 0 bridgehead atoms. The number of aromatic nitrogens is 2. The molecule has 100 valence electrons. The summed E-state index contributed by atoms with van der Waals surface area (Å²) in [6.45, 7) is 0. The summed E-state index contributed by atoms with van der Waals surface area (Å²) < 4.78 is 41.3. The number of hydrogen-bond acceptors (Lipinski definition) is 5. The summed E-state index contributed by atoms with van der Waals surface area (Å²) in [7, 11) is 0. The first-order chi connectivity index (χ1) is 8.88. The first-order valence-electron chi connectivity index (χ1n) is 4.78. The van der Waals surface area contributed by atoms with Gasteiger partial charge in [0.2, 0.25) is 0 Å². The van der Waals surface area contributed by atoms with E-state index in [0.29, 0.717) is 0 Å². The second-order valence-corrected chi connectivity index (χ2v) is 5.44. The van der Waals surface area contributed by atoms with Gasteiger partial charge in [-0.15, -0.1) is 5.10 Å². The van der Waals surface area contributed by atoms with E-state index >= 15 is 0 Å². The lowest BCUT2D eigenvalue weighted by atomic mass is 10.2. The zero-order valence-electron chi connectivity index (χ0n) is 9.01. The number of benzene rings is 1. The van der Waals surface area contributed by atoms with E-state index in [1.807, 2.05) is 0 Å². The second kappa shape index (κ2) is 5.17. The maximum Gasteiger partial charge on any atom is 0.416 e. The molecular formula is C10H5F3N2O2S2. The van der Waals surface area contributed by atoms with E-state index in [0.717, 1.165) is 35.4 Å². The van der Waals surface area contributed by atoms with Gasteiger partial charge >= 0.3 is 12.1 Å². The van der Waals surface area contributed by atoms with Crippen LogP contribution in [0.25, 0.3) is 0 Å². The molecule has 0 aliphatic carbocycles. The molecule has 0 radical (unpaired) electrons. The molecular weight excluding hydrogens is 301 g/mol. The van der Waals surface area contributed by atoms with Crippen molar-refractivity contribution in [2.45, 2.75) is 15.3 Å². The molecule has 1 aromatic heterocycles. The summed E-state index contributed by atoms with van der Waals surface area (Å²) >= 11 is 1.72. The average molecular weight is 306 g/mol. The van der Waals surface area contributed by atoms with Crippen molar-refractivity contribution in [3.8, 4) is 0 Å². The van der Waals surface area contributed by atoms with E-state index in [4.69, 9.17) is 5.11 Å². The van der Waals surface area contributed by atoms with Crippen LogP contribution >= 0.6 is 23.3 Å². The predicted molar refractivity (Wildman–Crippen MR) is 62.4 cm³/mol. The maximum absolute atomic E-state index is 12.5. The molecule has 9 heteroatoms. The van der Waals surface area contributed by atoms with Gasteiger partial charge in [-0.3, -0.25) is 0 Å². The number of carbonyl (C=O) groups is 1. The van der Waals surface area contributed by atoms with Crippen LogP contribution in [0.4, 0.5) is 13.2 Å². The van der Waals surface area contributed by atoms with Crippen LogP contribution in [0.15, 0.2) is 33.4 Å². The number of aromatic carboxylic acids is 1. The van der Waals surface area contributed by atoms with Gasteiger partial charge in [-0.05, 0) is 29.7 Å². The highest BCUT2D eigenvalue weighted by molar-refractivity contribution is 8.01. The summed E-state index contributed by atoms with van der Waals surface area (Å²) in [5.74, 6) is -1.26. The number of carboxylic acids is 1. The first kappa shape index (κ1) is 13.8. The Morgan fingerprint density at radius 2 is 2.11 bits per heavy atom. The predicted octanol–water partition coefficient (Wildman–Crippen LogP) is 3.41. The third-order valence-electron chi connectivity index (χ3n) is 2.03. The highest BCUT2D eigenvalue weighted by Gasteiger charge is 2.30. The maximum atomic E-state index is 12.5. The van der Waals surface area contributed by atoms with Gasteiger partial charge in [-0.1, -0.05) is 22.3 Å². The Labute approximate surface area is 113 Å². The molecule has 1 N–H and O–H groups in total. The van der Waals surface area contributed by atoms with E-state index in [1.54, 1.807) is 0 Å². The molecule has 0 atom stereocenters. The lowest BCUT2D eigenvalue weighted by Gasteiger charge is -2.07. The van der Waals surface area contributed by atoms with E-state index in [2.05, 4.69) is 9.59 Å². The molecule has 0 unspecified atom stereocenters. The van der Waals surface area contributed by atoms with Gasteiger partial charge in [-0.25, -0.2) is 4.79 Å². The Balaban J connectivity index is 2.29. The normalized spacial score (nSPS) is 11.5. The monoisotopic (exact) mass is 306 g/mol. The van der Waals surface area contributed by atoms with Gasteiger partial charge in [0.25, 0.3) is 0 Å². The molecule has 1 aromatic carbocycles. The SMILES string of the molecule is O=C(O)c1nnsc1Sc1cccc(C(F)(F)F)c1. The Hall–Kier alpha value is -1.61. The van der Waals surface area contributed by atoms with Crippen molar-refractivity contribution in [3.05, 3.63) is 35.5 Å². The fourth-order valence-corrected chi connectivity index (χ4v) is 2.94. The molecule has 2 rings (SSSR count). The summed E-state index contributed by atoms with van der Waals surface area (Å²) in [6.07, 6.45) is -4.43. The van der Waals surface area contributed by atoms with Crippen LogP contribution < -0.4 is 0 Å². The highest BCUT2D eigenvalue weighted by atomic mass is 32.2. The van der Waals surface area contributed by atoms with Crippen LogP contribution in [-0.2, 0) is 6.18 Å². The largest absolute Gasteiger partial charge is 0.476 e. The highest BCUT2D eigenvalue weighted by Crippen LogP contribution is 2.36. The van der Waals surface area contributed by atoms with Crippen molar-refractivity contribution in [1.82, 2.24) is 9.59 Å². The minimum atomic E-state index is -4.43. The standard InChI is InChI=1S/C10H5F3N2O2S2/c11-10(12,13)5-2-1-3-6(4-5)18-9-7(8(16)17)14-15-19-9/h1-4H,(H,16,17). The number of hydrogen-bond donors (Lipinski definition) is 1. The van der Waals surface area contributed by atoms with Gasteiger partial charge in [0.15, 0.2) is 5.69 Å². The minimum absolute atomic E-state index is 0.242. The zero-order valence-corrected chi connectivity index (χ0v) is 10.6. The van der Waals surface area contributed by atoms with Crippen molar-refractivity contribution in [1.29, 1.82) is 0 Å². The Morgan fingerprint density at radius 3 is 2.74 bits per heavy atom. The van der Waals surface area contributed by atoms with Crippen LogP contribution in [-0.4, -0.2) is 20.7 Å². The fraction of sp³-hybridized carbons (Fsp3) is 0.100. The smallest absolute Gasteiger partial charge is 0.416 e. The van der Waals surface area contributed by atoms with E-state index in [-0.39, 0.29) is 14.8 Å². The second-order valence-electron chi connectivity index (χ2n) is 3.34. The summed E-state index contributed by atoms with van der Waals surface area (Å²) in [5.41, 5.74) is -1.04. The number of halogens is 3. The van der Waals surface area contributed by atoms with Gasteiger partial charge in [0.1, 0.15) is 4.21 Å². The minimum Gasteiger partial charge on any atom is -0.476 e. The van der Waals surface area contributed by atoms with Gasteiger partial charge < -0.3 is 5.11 Å². The lowest BCUT2D eigenvalue weighted by molar-refractivity contribution is -0.137. The average Bonchev–Trinajstić information content (AvgIpc) is 2.76. The Kier molecular flexibility index (Phi) is 3.76. The van der Waals surface area contributed by atoms with Crippen LogP contribution in [0.2, 0.25) is 0 Å². The Morgan fingerprint density at radius 1 is 1.37 bits per heavy atom. The van der Waals surface area contributed by atoms with Gasteiger partial charge in [0.05, 0.1) is 5.56 Å². The van der Waals surface area contributed by atoms with Crippen molar-refractivity contribution in [2.75, 3.05) is 0 Å². The van der Waals surface area contributed by atoms with Crippen LogP contribution in [0.5, 0.6) is 0 Å². The quantitative estimate of drug-likeness (QED) is 0.941. The molecule has 0 aliphatic rings. The number of rotatable bonds is 3. The van der Waals surface area contributed by atoms with Crippen LogP contribution in [0.1, 0.15) is 16.1 Å². The molecule has 1 heterocycles. The van der Waals surface area contributed by atoms with E-state index < -0.39 is 17.7 Å². The molecule has 0 saturated heterocycles. The first-order valence-corrected chi connectivity index (χ1v) is 6.37. The van der Waals surface area contributed by atoms with Crippen molar-refractivity contribution in [3.63, 3.8) is 0 Å². The topological polar surface area (TPSA) is 63.1 Å². The number of carboxylic acid groups (broad SMARTS) is 1. The van der Waals surface area contributed by atoms with E-state index in [1.165, 1.54) is 12.1 Å². The third-order valence-corrected chi connectivity index (χ3v) is 3.90. The number of nitrogens with zero attached hydrogens (tertiary/aromatic N) is 2. The molecule has 0 aliphatic heterocycles. The molecule has 2 aromatic rings. The molecule has 0 amide bonds. The molecule has 0 spiro atoms. The fourth-order valence-electron chi connectivity index (χ4n) is 1.22. The molecule has 19 heavy (non-hydrogen) atoms. The number of alkyl halides is 3. The molecule has 0 fully saturated rings. The van der Waals surface area contributed by atoms with Crippen molar-refractivity contribution in [2.24, 2.45) is 0 Å². The van der Waals surface area contributed by atoms with Crippen molar-refractivity contribution >= 4 is 29.3 Å². The molecule has 4 nitrogen and oxygen atoms in total. The van der Waals surface area contributed by atoms with Crippen molar-refractivity contribution < 1.29 is 23.1 Å². The Bertz CT molecular complexity index is 613. The van der Waals surface area contributed by atoms with Gasteiger partial charge in [-0.2, -0.15) is 13.2 Å². The third kappa shape index (κ3) is 3.24. The van der Waals surface area contributed by atoms with Gasteiger partial charge in [0, 0.05) is 4.90 Å². The van der Waals surface area contributed by atoms with Crippen LogP contribution in [0.3, 0.4) is 0 Å². The molecule has 0 saturated carbocycles. The van der Waals surface area contributed by atoms with Crippen LogP contribution in [0, 0.1) is 0 Å². The summed E-state index contributed by atoms with van der Waals surface area (Å²) in [4.78, 5) is 11.1. The summed E-state index contributed by atoms with van der Waals surface area (Å²) in [6, 6.07) is 4.63.